The summed E-state index contributed by atoms with van der Waals surface area (Å²) in [5.74, 6) is -0.231. The molecule has 0 saturated carbocycles. The zero-order chi connectivity index (χ0) is 11.3. The fraction of sp³-hybridized carbons (Fsp3) is 0.444. The van der Waals surface area contributed by atoms with Gasteiger partial charge >= 0.3 is 5.97 Å². The number of thioether (sulfide) groups is 1. The molecule has 0 saturated heterocycles. The van der Waals surface area contributed by atoms with E-state index in [1.54, 1.807) is 20.1 Å². The number of hydrogen-bond donors (Lipinski definition) is 1. The van der Waals surface area contributed by atoms with Gasteiger partial charge in [-0.3, -0.25) is 4.79 Å². The molecule has 0 radical (unpaired) electrons. The summed E-state index contributed by atoms with van der Waals surface area (Å²) >= 11 is 1.18. The third-order valence-electron chi connectivity index (χ3n) is 1.50. The minimum Gasteiger partial charge on any atom is -0.481 e. The van der Waals surface area contributed by atoms with Crippen LogP contribution in [0.15, 0.2) is 11.1 Å². The zero-order valence-electron chi connectivity index (χ0n) is 8.56. The van der Waals surface area contributed by atoms with Gasteiger partial charge in [-0.15, -0.1) is 0 Å². The molecule has 0 aliphatic rings. The van der Waals surface area contributed by atoms with Crippen molar-refractivity contribution < 1.29 is 14.6 Å². The summed E-state index contributed by atoms with van der Waals surface area (Å²) in [6, 6.07) is 1.74. The van der Waals surface area contributed by atoms with Crippen LogP contribution in [0.5, 0.6) is 0 Å². The molecule has 0 atom stereocenters. The lowest BCUT2D eigenvalue weighted by Crippen LogP contribution is -2.01. The van der Waals surface area contributed by atoms with E-state index in [0.717, 1.165) is 5.69 Å². The van der Waals surface area contributed by atoms with Crippen LogP contribution in [0, 0.1) is 6.92 Å². The highest BCUT2D eigenvalue weighted by Crippen LogP contribution is 2.16. The smallest absolute Gasteiger partial charge is 0.313 e. The molecule has 82 valence electrons. The Balaban J connectivity index is 2.74. The Hall–Kier alpha value is -1.14. The molecule has 1 heterocycles. The fourth-order valence-corrected chi connectivity index (χ4v) is 1.72. The lowest BCUT2D eigenvalue weighted by atomic mass is 10.4. The summed E-state index contributed by atoms with van der Waals surface area (Å²) in [5, 5.41) is 9.19. The Morgan fingerprint density at radius 3 is 2.93 bits per heavy atom. The van der Waals surface area contributed by atoms with Crippen LogP contribution in [0.4, 0.5) is 0 Å². The highest BCUT2D eigenvalue weighted by atomic mass is 32.2. The molecule has 0 amide bonds. The van der Waals surface area contributed by atoms with Gasteiger partial charge in [0.05, 0.1) is 18.1 Å². The highest BCUT2D eigenvalue weighted by Gasteiger charge is 2.04. The van der Waals surface area contributed by atoms with E-state index >= 15 is 0 Å². The Bertz CT molecular complexity index is 357. The average Bonchev–Trinajstić information content (AvgIpc) is 2.14. The number of carboxylic acids is 1. The van der Waals surface area contributed by atoms with Gasteiger partial charge in [-0.25, -0.2) is 9.97 Å². The molecular weight excluding hydrogens is 216 g/mol. The van der Waals surface area contributed by atoms with Gasteiger partial charge in [-0.1, -0.05) is 11.8 Å². The van der Waals surface area contributed by atoms with E-state index in [1.165, 1.54) is 11.8 Å². The molecule has 6 heteroatoms. The summed E-state index contributed by atoms with van der Waals surface area (Å²) in [7, 11) is 1.58. The SMILES string of the molecule is COCc1cc(SCC(=O)O)nc(C)n1. The molecule has 1 rings (SSSR count). The number of carboxylic acid groups (broad SMARTS) is 1. The molecule has 1 aromatic rings. The normalized spacial score (nSPS) is 10.3. The average molecular weight is 228 g/mol. The predicted molar refractivity (Wildman–Crippen MR) is 55.8 cm³/mol. The summed E-state index contributed by atoms with van der Waals surface area (Å²) in [4.78, 5) is 18.7. The summed E-state index contributed by atoms with van der Waals surface area (Å²) < 4.78 is 4.95. The van der Waals surface area contributed by atoms with Crippen LogP contribution in [-0.4, -0.2) is 33.9 Å². The first-order chi connectivity index (χ1) is 7.11. The van der Waals surface area contributed by atoms with Crippen molar-refractivity contribution in [1.82, 2.24) is 9.97 Å². The van der Waals surface area contributed by atoms with E-state index in [-0.39, 0.29) is 5.75 Å². The molecule has 0 fully saturated rings. The van der Waals surface area contributed by atoms with Gasteiger partial charge in [0.25, 0.3) is 0 Å². The van der Waals surface area contributed by atoms with Crippen molar-refractivity contribution in [3.8, 4) is 0 Å². The van der Waals surface area contributed by atoms with Gasteiger partial charge in [-0.2, -0.15) is 0 Å². The molecule has 5 nitrogen and oxygen atoms in total. The largest absolute Gasteiger partial charge is 0.481 e. The lowest BCUT2D eigenvalue weighted by Gasteiger charge is -2.03. The van der Waals surface area contributed by atoms with E-state index < -0.39 is 5.97 Å². The van der Waals surface area contributed by atoms with Gasteiger partial charge in [0, 0.05) is 7.11 Å². The van der Waals surface area contributed by atoms with E-state index in [9.17, 15) is 4.79 Å². The van der Waals surface area contributed by atoms with Crippen molar-refractivity contribution in [3.63, 3.8) is 0 Å². The van der Waals surface area contributed by atoms with Crippen LogP contribution in [0.25, 0.3) is 0 Å². The number of aryl methyl sites for hydroxylation is 1. The van der Waals surface area contributed by atoms with Crippen LogP contribution < -0.4 is 0 Å². The third kappa shape index (κ3) is 4.26. The molecule has 0 unspecified atom stereocenters. The Morgan fingerprint density at radius 2 is 2.33 bits per heavy atom. The Labute approximate surface area is 91.9 Å². The number of hydrogen-bond acceptors (Lipinski definition) is 5. The number of methoxy groups -OCH3 is 1. The minimum atomic E-state index is -0.857. The molecule has 0 spiro atoms. The highest BCUT2D eigenvalue weighted by molar-refractivity contribution is 7.99. The maximum Gasteiger partial charge on any atom is 0.313 e. The Morgan fingerprint density at radius 1 is 1.60 bits per heavy atom. The minimum absolute atomic E-state index is 0.00285. The second kappa shape index (κ2) is 5.67. The quantitative estimate of drug-likeness (QED) is 0.601. The fourth-order valence-electron chi connectivity index (χ4n) is 1.03. The van der Waals surface area contributed by atoms with E-state index in [4.69, 9.17) is 9.84 Å². The number of ether oxygens (including phenoxy) is 1. The van der Waals surface area contributed by atoms with Gasteiger partial charge in [0.1, 0.15) is 10.9 Å². The molecule has 0 bridgehead atoms. The lowest BCUT2D eigenvalue weighted by molar-refractivity contribution is -0.133. The second-order valence-electron chi connectivity index (χ2n) is 2.86. The number of carbonyl (C=O) groups is 1. The van der Waals surface area contributed by atoms with Crippen molar-refractivity contribution in [1.29, 1.82) is 0 Å². The molecule has 0 aliphatic heterocycles. The summed E-state index contributed by atoms with van der Waals surface area (Å²) in [6.07, 6.45) is 0. The van der Waals surface area contributed by atoms with Crippen molar-refractivity contribution in [2.45, 2.75) is 18.6 Å². The predicted octanol–water partition coefficient (Wildman–Crippen LogP) is 1.11. The van der Waals surface area contributed by atoms with Gasteiger partial charge in [-0.05, 0) is 13.0 Å². The van der Waals surface area contributed by atoms with Crippen molar-refractivity contribution >= 4 is 17.7 Å². The standard InChI is InChI=1S/C9H12N2O3S/c1-6-10-7(4-14-2)3-8(11-6)15-5-9(12)13/h3H,4-5H2,1-2H3,(H,12,13). The first-order valence-electron chi connectivity index (χ1n) is 4.30. The van der Waals surface area contributed by atoms with Crippen molar-refractivity contribution in [3.05, 3.63) is 17.6 Å². The second-order valence-corrected chi connectivity index (χ2v) is 3.86. The summed E-state index contributed by atoms with van der Waals surface area (Å²) in [6.45, 7) is 2.17. The number of nitrogens with zero attached hydrogens (tertiary/aromatic N) is 2. The summed E-state index contributed by atoms with van der Waals surface area (Å²) in [5.41, 5.74) is 0.762. The van der Waals surface area contributed by atoms with E-state index in [1.807, 2.05) is 0 Å². The van der Waals surface area contributed by atoms with Crippen LogP contribution >= 0.6 is 11.8 Å². The first kappa shape index (κ1) is 11.9. The zero-order valence-corrected chi connectivity index (χ0v) is 9.37. The van der Waals surface area contributed by atoms with Crippen LogP contribution in [0.1, 0.15) is 11.5 Å². The molecule has 0 aromatic carbocycles. The number of rotatable bonds is 5. The van der Waals surface area contributed by atoms with Gasteiger partial charge in [0.2, 0.25) is 0 Å². The first-order valence-corrected chi connectivity index (χ1v) is 5.28. The third-order valence-corrected chi connectivity index (χ3v) is 2.40. The van der Waals surface area contributed by atoms with E-state index in [2.05, 4.69) is 9.97 Å². The van der Waals surface area contributed by atoms with Crippen LogP contribution in [0.2, 0.25) is 0 Å². The molecule has 1 N–H and O–H groups in total. The maximum absolute atomic E-state index is 10.4. The monoisotopic (exact) mass is 228 g/mol. The maximum atomic E-state index is 10.4. The molecule has 1 aromatic heterocycles. The molecule has 0 aliphatic carbocycles. The molecular formula is C9H12N2O3S. The topological polar surface area (TPSA) is 72.3 Å². The molecule has 15 heavy (non-hydrogen) atoms. The number of aromatic nitrogens is 2. The van der Waals surface area contributed by atoms with Gasteiger partial charge in [0.15, 0.2) is 0 Å². The number of aliphatic carboxylic acids is 1. The van der Waals surface area contributed by atoms with Gasteiger partial charge < -0.3 is 9.84 Å². The van der Waals surface area contributed by atoms with Crippen molar-refractivity contribution in [2.24, 2.45) is 0 Å². The van der Waals surface area contributed by atoms with Crippen LogP contribution in [0.3, 0.4) is 0 Å². The van der Waals surface area contributed by atoms with Crippen LogP contribution in [-0.2, 0) is 16.1 Å². The Kier molecular flexibility index (Phi) is 4.51. The van der Waals surface area contributed by atoms with Crippen molar-refractivity contribution in [2.75, 3.05) is 12.9 Å². The van der Waals surface area contributed by atoms with E-state index in [0.29, 0.717) is 17.5 Å².